The topological polar surface area (TPSA) is 78.3 Å². The molecular weight excluding hydrogens is 388 g/mol. The minimum atomic E-state index is -0.460. The highest BCUT2D eigenvalue weighted by atomic mass is 79.9. The fourth-order valence-corrected chi connectivity index (χ4v) is 3.29. The van der Waals surface area contributed by atoms with E-state index in [0.29, 0.717) is 23.0 Å². The predicted octanol–water partition coefficient (Wildman–Crippen LogP) is 3.07. The van der Waals surface area contributed by atoms with Crippen molar-refractivity contribution >= 4 is 27.8 Å². The quantitative estimate of drug-likeness (QED) is 0.609. The molecule has 0 fully saturated rings. The first-order valence-electron chi connectivity index (χ1n) is 7.55. The number of esters is 1. The number of anilines is 1. The van der Waals surface area contributed by atoms with Crippen molar-refractivity contribution in [2.75, 3.05) is 19.0 Å². The second kappa shape index (κ2) is 7.10. The Kier molecular flexibility index (Phi) is 4.89. The first-order chi connectivity index (χ1) is 12.1. The number of carbonyl (C=O) groups excluding carboxylic acids is 1. The van der Waals surface area contributed by atoms with E-state index in [1.54, 1.807) is 11.8 Å². The van der Waals surface area contributed by atoms with Crippen LogP contribution in [0.25, 0.3) is 0 Å². The number of aromatic nitrogens is 3. The summed E-state index contributed by atoms with van der Waals surface area (Å²) in [6, 6.07) is 5.16. The molecule has 3 rings (SSSR count). The van der Waals surface area contributed by atoms with Crippen LogP contribution in [0.2, 0.25) is 0 Å². The number of hydrogen-bond acceptors (Lipinski definition) is 6. The van der Waals surface area contributed by atoms with Gasteiger partial charge in [0.1, 0.15) is 24.7 Å². The van der Waals surface area contributed by atoms with Gasteiger partial charge >= 0.3 is 5.97 Å². The van der Waals surface area contributed by atoms with Crippen molar-refractivity contribution in [3.8, 4) is 5.75 Å². The van der Waals surface area contributed by atoms with Crippen molar-refractivity contribution in [2.45, 2.75) is 13.0 Å². The first kappa shape index (κ1) is 17.2. The summed E-state index contributed by atoms with van der Waals surface area (Å²) >= 11 is 3.49. The number of nitrogens with zero attached hydrogens (tertiary/aromatic N) is 3. The monoisotopic (exact) mass is 404 g/mol. The number of rotatable bonds is 5. The average molecular weight is 405 g/mol. The fraction of sp³-hybridized carbons (Fsp3) is 0.235. The molecule has 1 atom stereocenters. The highest BCUT2D eigenvalue weighted by Crippen LogP contribution is 2.37. The highest BCUT2D eigenvalue weighted by molar-refractivity contribution is 9.10. The van der Waals surface area contributed by atoms with E-state index in [-0.39, 0.29) is 6.61 Å². The number of hydrogen-bond donors (Lipinski definition) is 1. The Morgan fingerprint density at radius 1 is 1.52 bits per heavy atom. The third kappa shape index (κ3) is 3.17. The van der Waals surface area contributed by atoms with Gasteiger partial charge in [-0.1, -0.05) is 18.7 Å². The third-order valence-electron chi connectivity index (χ3n) is 3.84. The van der Waals surface area contributed by atoms with E-state index >= 15 is 0 Å². The number of nitrogens with one attached hydrogen (secondary N) is 1. The third-order valence-corrected chi connectivity index (χ3v) is 4.46. The average Bonchev–Trinajstić information content (AvgIpc) is 3.06. The van der Waals surface area contributed by atoms with Gasteiger partial charge in [-0.05, 0) is 40.5 Å². The van der Waals surface area contributed by atoms with Crippen LogP contribution in [0.5, 0.6) is 5.75 Å². The van der Waals surface area contributed by atoms with Gasteiger partial charge in [0.15, 0.2) is 0 Å². The molecule has 0 unspecified atom stereocenters. The van der Waals surface area contributed by atoms with E-state index < -0.39 is 12.0 Å². The van der Waals surface area contributed by atoms with Crippen LogP contribution in [0.3, 0.4) is 0 Å². The molecule has 8 heteroatoms. The van der Waals surface area contributed by atoms with Gasteiger partial charge in [0, 0.05) is 5.70 Å². The molecule has 0 saturated heterocycles. The second-order valence-electron chi connectivity index (χ2n) is 5.38. The van der Waals surface area contributed by atoms with Crippen molar-refractivity contribution in [1.82, 2.24) is 14.8 Å². The molecule has 0 amide bonds. The summed E-state index contributed by atoms with van der Waals surface area (Å²) in [4.78, 5) is 16.8. The molecule has 1 N–H and O–H groups in total. The summed E-state index contributed by atoms with van der Waals surface area (Å²) in [7, 11) is 1.60. The lowest BCUT2D eigenvalue weighted by molar-refractivity contribution is -0.138. The largest absolute Gasteiger partial charge is 0.496 e. The summed E-state index contributed by atoms with van der Waals surface area (Å²) in [6.45, 7) is 5.53. The van der Waals surface area contributed by atoms with E-state index in [2.05, 4.69) is 37.9 Å². The van der Waals surface area contributed by atoms with Crippen LogP contribution in [-0.4, -0.2) is 34.5 Å². The van der Waals surface area contributed by atoms with Gasteiger partial charge in [-0.2, -0.15) is 10.1 Å². The van der Waals surface area contributed by atoms with Crippen molar-refractivity contribution < 1.29 is 14.3 Å². The zero-order valence-corrected chi connectivity index (χ0v) is 15.4. The number of methoxy groups -OCH3 is 1. The molecule has 0 aliphatic carbocycles. The number of ether oxygens (including phenoxy) is 2. The molecule has 1 aliphatic heterocycles. The number of fused-ring (bicyclic) bond motifs is 1. The number of carbonyl (C=O) groups is 1. The Morgan fingerprint density at radius 2 is 2.32 bits per heavy atom. The zero-order valence-electron chi connectivity index (χ0n) is 13.8. The molecule has 0 bridgehead atoms. The van der Waals surface area contributed by atoms with Gasteiger partial charge in [0.25, 0.3) is 0 Å². The Labute approximate surface area is 153 Å². The van der Waals surface area contributed by atoms with Crippen LogP contribution in [0, 0.1) is 0 Å². The minimum absolute atomic E-state index is 0.138. The van der Waals surface area contributed by atoms with Gasteiger partial charge in [-0.15, -0.1) is 0 Å². The second-order valence-corrected chi connectivity index (χ2v) is 6.23. The molecular formula is C17H17BrN4O3. The maximum Gasteiger partial charge on any atom is 0.338 e. The molecule has 2 aromatic rings. The molecule has 0 spiro atoms. The highest BCUT2D eigenvalue weighted by Gasteiger charge is 2.34. The van der Waals surface area contributed by atoms with Crippen molar-refractivity contribution in [3.05, 3.63) is 58.5 Å². The van der Waals surface area contributed by atoms with E-state index in [1.807, 2.05) is 25.1 Å². The summed E-state index contributed by atoms with van der Waals surface area (Å²) in [6.07, 6.45) is 2.98. The maximum absolute atomic E-state index is 12.6. The Morgan fingerprint density at radius 3 is 3.00 bits per heavy atom. The van der Waals surface area contributed by atoms with Gasteiger partial charge in [-0.3, -0.25) is 0 Å². The lowest BCUT2D eigenvalue weighted by atomic mass is 9.96. The summed E-state index contributed by atoms with van der Waals surface area (Å²) in [5, 5.41) is 7.36. The standard InChI is InChI=1S/C17H17BrN4O3/c1-4-7-25-16(23)14-10(2)21-17-19-9-20-22(17)15(14)11-5-6-13(24-3)12(18)8-11/h4-6,8-9,15H,1,7H2,2-3H3,(H,19,20,21)/t15-/m1/s1. The zero-order chi connectivity index (χ0) is 18.0. The molecule has 2 heterocycles. The van der Waals surface area contributed by atoms with Crippen LogP contribution in [0.4, 0.5) is 5.95 Å². The minimum Gasteiger partial charge on any atom is -0.496 e. The Bertz CT molecular complexity index is 859. The lowest BCUT2D eigenvalue weighted by Gasteiger charge is -2.28. The first-order valence-corrected chi connectivity index (χ1v) is 8.34. The summed E-state index contributed by atoms with van der Waals surface area (Å²) in [5.74, 6) is 0.839. The molecule has 1 aromatic carbocycles. The molecule has 0 radical (unpaired) electrons. The Hall–Kier alpha value is -2.61. The number of benzene rings is 1. The summed E-state index contributed by atoms with van der Waals surface area (Å²) < 4.78 is 13.0. The molecule has 0 saturated carbocycles. The van der Waals surface area contributed by atoms with E-state index in [9.17, 15) is 4.79 Å². The molecule has 1 aromatic heterocycles. The number of allylic oxidation sites excluding steroid dienone is 1. The van der Waals surface area contributed by atoms with Gasteiger partial charge in [-0.25, -0.2) is 9.48 Å². The van der Waals surface area contributed by atoms with Crippen molar-refractivity contribution in [3.63, 3.8) is 0 Å². The SMILES string of the molecule is C=CCOC(=O)C1=C(C)Nc2ncnn2[C@@H]1c1ccc(OC)c(Br)c1. The van der Waals surface area contributed by atoms with Crippen LogP contribution in [-0.2, 0) is 9.53 Å². The van der Waals surface area contributed by atoms with Gasteiger partial charge in [0.05, 0.1) is 17.2 Å². The van der Waals surface area contributed by atoms with E-state index in [0.717, 1.165) is 10.0 Å². The lowest BCUT2D eigenvalue weighted by Crippen LogP contribution is -2.29. The number of halogens is 1. The van der Waals surface area contributed by atoms with E-state index in [1.165, 1.54) is 12.4 Å². The van der Waals surface area contributed by atoms with Crippen LogP contribution < -0.4 is 10.1 Å². The predicted molar refractivity (Wildman–Crippen MR) is 96.3 cm³/mol. The van der Waals surface area contributed by atoms with Crippen molar-refractivity contribution in [1.29, 1.82) is 0 Å². The Balaban J connectivity index is 2.10. The van der Waals surface area contributed by atoms with Crippen LogP contribution in [0.15, 0.2) is 52.9 Å². The van der Waals surface area contributed by atoms with Gasteiger partial charge < -0.3 is 14.8 Å². The molecule has 130 valence electrons. The van der Waals surface area contributed by atoms with E-state index in [4.69, 9.17) is 9.47 Å². The summed E-state index contributed by atoms with van der Waals surface area (Å²) in [5.41, 5.74) is 1.99. The van der Waals surface area contributed by atoms with Crippen LogP contribution in [0.1, 0.15) is 18.5 Å². The van der Waals surface area contributed by atoms with Crippen molar-refractivity contribution in [2.24, 2.45) is 0 Å². The molecule has 7 nitrogen and oxygen atoms in total. The van der Waals surface area contributed by atoms with Gasteiger partial charge in [0.2, 0.25) is 5.95 Å². The molecule has 25 heavy (non-hydrogen) atoms. The van der Waals surface area contributed by atoms with Crippen LogP contribution >= 0.6 is 15.9 Å². The maximum atomic E-state index is 12.6. The normalized spacial score (nSPS) is 16.0. The fourth-order valence-electron chi connectivity index (χ4n) is 2.73. The molecule has 1 aliphatic rings. The smallest absolute Gasteiger partial charge is 0.338 e.